The third-order valence-corrected chi connectivity index (χ3v) is 4.54. The molecule has 0 bridgehead atoms. The number of hydrogen-bond donors (Lipinski definition) is 2. The highest BCUT2D eigenvalue weighted by Crippen LogP contribution is 2.32. The van der Waals surface area contributed by atoms with Crippen molar-refractivity contribution in [1.82, 2.24) is 5.32 Å². The van der Waals surface area contributed by atoms with Gasteiger partial charge in [-0.25, -0.2) is 0 Å². The maximum Gasteiger partial charge on any atom is 0.239 e. The second-order valence-corrected chi connectivity index (χ2v) is 6.63. The summed E-state index contributed by atoms with van der Waals surface area (Å²) in [5, 5.41) is 6.57. The SMILES string of the molecule is CCOCCOc1c(Cl)cccc1NCC(=O)NCCC1=CCCCC1. The molecule has 1 aromatic rings. The third-order valence-electron chi connectivity index (χ3n) is 4.24. The molecule has 26 heavy (non-hydrogen) atoms. The van der Waals surface area contributed by atoms with Crippen LogP contribution in [0.5, 0.6) is 5.75 Å². The molecule has 1 amide bonds. The van der Waals surface area contributed by atoms with Crippen LogP contribution in [0, 0.1) is 0 Å². The van der Waals surface area contributed by atoms with E-state index in [1.54, 1.807) is 6.07 Å². The highest BCUT2D eigenvalue weighted by molar-refractivity contribution is 6.32. The summed E-state index contributed by atoms with van der Waals surface area (Å²) in [7, 11) is 0. The molecule has 0 unspecified atom stereocenters. The minimum Gasteiger partial charge on any atom is -0.487 e. The first-order chi connectivity index (χ1) is 12.7. The summed E-state index contributed by atoms with van der Waals surface area (Å²) in [6.07, 6.45) is 8.14. The Morgan fingerprint density at radius 2 is 2.15 bits per heavy atom. The first-order valence-corrected chi connectivity index (χ1v) is 9.76. The van der Waals surface area contributed by atoms with Crippen molar-refractivity contribution in [2.75, 3.05) is 38.2 Å². The van der Waals surface area contributed by atoms with Crippen molar-refractivity contribution in [3.05, 3.63) is 34.9 Å². The van der Waals surface area contributed by atoms with E-state index in [2.05, 4.69) is 16.7 Å². The number of carbonyl (C=O) groups is 1. The quantitative estimate of drug-likeness (QED) is 0.446. The van der Waals surface area contributed by atoms with Crippen LogP contribution in [-0.2, 0) is 9.53 Å². The van der Waals surface area contributed by atoms with E-state index >= 15 is 0 Å². The number of benzene rings is 1. The van der Waals surface area contributed by atoms with Crippen LogP contribution in [0.25, 0.3) is 0 Å². The smallest absolute Gasteiger partial charge is 0.239 e. The number of amides is 1. The molecule has 6 heteroatoms. The minimum absolute atomic E-state index is 0.0401. The second kappa shape index (κ2) is 11.8. The van der Waals surface area contributed by atoms with Crippen LogP contribution in [0.15, 0.2) is 29.8 Å². The van der Waals surface area contributed by atoms with Gasteiger partial charge in [0.2, 0.25) is 5.91 Å². The lowest BCUT2D eigenvalue weighted by atomic mass is 9.97. The molecule has 0 saturated carbocycles. The zero-order chi connectivity index (χ0) is 18.6. The van der Waals surface area contributed by atoms with E-state index in [-0.39, 0.29) is 12.5 Å². The van der Waals surface area contributed by atoms with Crippen LogP contribution in [-0.4, -0.2) is 38.8 Å². The van der Waals surface area contributed by atoms with E-state index in [1.807, 2.05) is 19.1 Å². The third kappa shape index (κ3) is 7.26. The van der Waals surface area contributed by atoms with Crippen LogP contribution < -0.4 is 15.4 Å². The van der Waals surface area contributed by atoms with Crippen molar-refractivity contribution in [2.45, 2.75) is 39.0 Å². The van der Waals surface area contributed by atoms with Crippen LogP contribution in [0.1, 0.15) is 39.0 Å². The van der Waals surface area contributed by atoms with Crippen LogP contribution >= 0.6 is 11.6 Å². The molecule has 0 heterocycles. The van der Waals surface area contributed by atoms with Gasteiger partial charge in [-0.05, 0) is 51.2 Å². The first kappa shape index (κ1) is 20.6. The molecule has 0 saturated heterocycles. The van der Waals surface area contributed by atoms with Gasteiger partial charge >= 0.3 is 0 Å². The topological polar surface area (TPSA) is 59.6 Å². The molecule has 0 aromatic heterocycles. The number of nitrogens with one attached hydrogen (secondary N) is 2. The number of anilines is 1. The number of halogens is 1. The highest BCUT2D eigenvalue weighted by Gasteiger charge is 2.10. The van der Waals surface area contributed by atoms with E-state index in [0.29, 0.717) is 42.8 Å². The van der Waals surface area contributed by atoms with Crippen molar-refractivity contribution in [2.24, 2.45) is 0 Å². The van der Waals surface area contributed by atoms with Crippen molar-refractivity contribution in [1.29, 1.82) is 0 Å². The fourth-order valence-corrected chi connectivity index (χ4v) is 3.10. The van der Waals surface area contributed by atoms with Gasteiger partial charge in [0, 0.05) is 13.2 Å². The molecule has 1 aliphatic rings. The predicted octanol–water partition coefficient (Wildman–Crippen LogP) is 4.17. The Balaban J connectivity index is 1.75. The predicted molar refractivity (Wildman–Crippen MR) is 106 cm³/mol. The van der Waals surface area contributed by atoms with Crippen LogP contribution in [0.2, 0.25) is 5.02 Å². The van der Waals surface area contributed by atoms with Gasteiger partial charge in [0.25, 0.3) is 0 Å². The molecule has 2 N–H and O–H groups in total. The van der Waals surface area contributed by atoms with Crippen LogP contribution in [0.3, 0.4) is 0 Å². The maximum atomic E-state index is 12.1. The highest BCUT2D eigenvalue weighted by atomic mass is 35.5. The number of para-hydroxylation sites is 1. The minimum atomic E-state index is -0.0401. The van der Waals surface area contributed by atoms with Gasteiger partial charge in [0.1, 0.15) is 6.61 Å². The van der Waals surface area contributed by atoms with Crippen molar-refractivity contribution in [3.8, 4) is 5.75 Å². The summed E-state index contributed by atoms with van der Waals surface area (Å²) >= 11 is 6.21. The van der Waals surface area contributed by atoms with Crippen molar-refractivity contribution < 1.29 is 14.3 Å². The zero-order valence-electron chi connectivity index (χ0n) is 15.5. The van der Waals surface area contributed by atoms with Crippen LogP contribution in [0.4, 0.5) is 5.69 Å². The lowest BCUT2D eigenvalue weighted by Gasteiger charge is -2.15. The molecule has 2 rings (SSSR count). The molecule has 0 fully saturated rings. The first-order valence-electron chi connectivity index (χ1n) is 9.38. The normalized spacial score (nSPS) is 13.8. The number of hydrogen-bond acceptors (Lipinski definition) is 4. The zero-order valence-corrected chi connectivity index (χ0v) is 16.2. The van der Waals surface area contributed by atoms with E-state index in [9.17, 15) is 4.79 Å². The fourth-order valence-electron chi connectivity index (χ4n) is 2.87. The Kier molecular flexibility index (Phi) is 9.35. The molecule has 0 spiro atoms. The molecule has 0 aliphatic heterocycles. The van der Waals surface area contributed by atoms with E-state index < -0.39 is 0 Å². The van der Waals surface area contributed by atoms with Gasteiger partial charge in [-0.1, -0.05) is 29.3 Å². The maximum absolute atomic E-state index is 12.1. The van der Waals surface area contributed by atoms with Gasteiger partial charge in [0.15, 0.2) is 5.75 Å². The Morgan fingerprint density at radius 1 is 1.27 bits per heavy atom. The van der Waals surface area contributed by atoms with Crippen molar-refractivity contribution >= 4 is 23.2 Å². The monoisotopic (exact) mass is 380 g/mol. The summed E-state index contributed by atoms with van der Waals surface area (Å²) in [6.45, 7) is 4.35. The summed E-state index contributed by atoms with van der Waals surface area (Å²) in [5.74, 6) is 0.510. The van der Waals surface area contributed by atoms with Gasteiger partial charge in [0.05, 0.1) is 23.9 Å². The fraction of sp³-hybridized carbons (Fsp3) is 0.550. The van der Waals surface area contributed by atoms with E-state index in [0.717, 1.165) is 6.42 Å². The summed E-state index contributed by atoms with van der Waals surface area (Å²) in [4.78, 5) is 12.1. The molecule has 0 radical (unpaired) electrons. The number of allylic oxidation sites excluding steroid dienone is 1. The summed E-state index contributed by atoms with van der Waals surface area (Å²) < 4.78 is 11.0. The van der Waals surface area contributed by atoms with E-state index in [4.69, 9.17) is 21.1 Å². The van der Waals surface area contributed by atoms with Gasteiger partial charge in [-0.3, -0.25) is 4.79 Å². The molecule has 1 aromatic carbocycles. The molecule has 0 atom stereocenters. The summed E-state index contributed by atoms with van der Waals surface area (Å²) in [5.41, 5.74) is 2.17. The largest absolute Gasteiger partial charge is 0.487 e. The number of carbonyl (C=O) groups excluding carboxylic acids is 1. The molecular weight excluding hydrogens is 352 g/mol. The molecular formula is C20H29ClN2O3. The Hall–Kier alpha value is -1.72. The number of ether oxygens (including phenoxy) is 2. The number of rotatable bonds is 11. The van der Waals surface area contributed by atoms with E-state index in [1.165, 1.54) is 31.3 Å². The Morgan fingerprint density at radius 3 is 2.92 bits per heavy atom. The molecule has 5 nitrogen and oxygen atoms in total. The average Bonchev–Trinajstić information content (AvgIpc) is 2.66. The van der Waals surface area contributed by atoms with Gasteiger partial charge in [-0.2, -0.15) is 0 Å². The Labute approximate surface area is 161 Å². The second-order valence-electron chi connectivity index (χ2n) is 6.22. The molecule has 1 aliphatic carbocycles. The lowest BCUT2D eigenvalue weighted by molar-refractivity contribution is -0.119. The lowest BCUT2D eigenvalue weighted by Crippen LogP contribution is -2.31. The van der Waals surface area contributed by atoms with Crippen molar-refractivity contribution in [3.63, 3.8) is 0 Å². The summed E-state index contributed by atoms with van der Waals surface area (Å²) in [6, 6.07) is 5.44. The standard InChI is InChI=1S/C20H29ClN2O3/c1-2-25-13-14-26-20-17(21)9-6-10-18(20)23-15-19(24)22-12-11-16-7-4-3-5-8-16/h6-7,9-10,23H,2-5,8,11-15H2,1H3,(H,22,24). The van der Waals surface area contributed by atoms with Gasteiger partial charge < -0.3 is 20.1 Å². The average molecular weight is 381 g/mol. The Bertz CT molecular complexity index is 605. The van der Waals surface area contributed by atoms with Gasteiger partial charge in [-0.15, -0.1) is 0 Å². The molecule has 144 valence electrons.